The number of fused-ring (bicyclic) bond motifs is 4. The molecule has 0 spiro atoms. The first-order chi connectivity index (χ1) is 35.7. The highest BCUT2D eigenvalue weighted by Crippen LogP contribution is 2.46. The van der Waals surface area contributed by atoms with E-state index < -0.39 is 0 Å². The van der Waals surface area contributed by atoms with E-state index >= 15 is 0 Å². The highest BCUT2D eigenvalue weighted by Gasteiger charge is 2.21. The maximum absolute atomic E-state index is 2.42. The average molecular weight is 917 g/mol. The van der Waals surface area contributed by atoms with Gasteiger partial charge in [0.15, 0.2) is 0 Å². The molecule has 0 saturated carbocycles. The van der Waals surface area contributed by atoms with Crippen LogP contribution < -0.4 is 4.90 Å². The van der Waals surface area contributed by atoms with E-state index in [4.69, 9.17) is 0 Å². The fourth-order valence-electron chi connectivity index (χ4n) is 10.7. The van der Waals surface area contributed by atoms with Crippen LogP contribution in [0.1, 0.15) is 0 Å². The van der Waals surface area contributed by atoms with Crippen LogP contribution in [0.5, 0.6) is 0 Å². The highest BCUT2D eigenvalue weighted by atomic mass is 15.1. The zero-order chi connectivity index (χ0) is 47.8. The second kappa shape index (κ2) is 18.4. The molecule has 2 nitrogen and oxygen atoms in total. The number of nitrogens with zero attached hydrogens (tertiary/aromatic N) is 2. The topological polar surface area (TPSA) is 8.17 Å². The first kappa shape index (κ1) is 42.6. The Balaban J connectivity index is 0.913. The van der Waals surface area contributed by atoms with Gasteiger partial charge in [0.1, 0.15) is 0 Å². The van der Waals surface area contributed by atoms with Gasteiger partial charge in [-0.1, -0.05) is 231 Å². The van der Waals surface area contributed by atoms with Crippen LogP contribution in [0, 0.1) is 0 Å². The molecule has 0 amide bonds. The van der Waals surface area contributed by atoms with Gasteiger partial charge in [-0.15, -0.1) is 0 Å². The van der Waals surface area contributed by atoms with E-state index in [0.29, 0.717) is 0 Å². The van der Waals surface area contributed by atoms with E-state index in [2.05, 4.69) is 301 Å². The molecule has 0 radical (unpaired) electrons. The Morgan fingerprint density at radius 2 is 0.667 bits per heavy atom. The first-order valence-electron chi connectivity index (χ1n) is 24.7. The second-order valence-corrected chi connectivity index (χ2v) is 18.5. The predicted molar refractivity (Wildman–Crippen MR) is 306 cm³/mol. The molecule has 0 unspecified atom stereocenters. The van der Waals surface area contributed by atoms with Crippen LogP contribution in [0.2, 0.25) is 0 Å². The van der Waals surface area contributed by atoms with Gasteiger partial charge in [-0.25, -0.2) is 0 Å². The molecule has 0 aliphatic rings. The van der Waals surface area contributed by atoms with Gasteiger partial charge in [-0.2, -0.15) is 0 Å². The van der Waals surface area contributed by atoms with E-state index in [-0.39, 0.29) is 0 Å². The third-order valence-electron chi connectivity index (χ3n) is 14.2. The lowest BCUT2D eigenvalue weighted by atomic mass is 9.88. The van der Waals surface area contributed by atoms with Crippen molar-refractivity contribution in [1.29, 1.82) is 0 Å². The number of para-hydroxylation sites is 3. The molecule has 0 aliphatic carbocycles. The van der Waals surface area contributed by atoms with Gasteiger partial charge >= 0.3 is 0 Å². The van der Waals surface area contributed by atoms with Gasteiger partial charge < -0.3 is 9.47 Å². The zero-order valence-electron chi connectivity index (χ0n) is 39.6. The fourth-order valence-corrected chi connectivity index (χ4v) is 10.7. The molecule has 12 aromatic carbocycles. The van der Waals surface area contributed by atoms with Crippen LogP contribution >= 0.6 is 0 Å². The third-order valence-corrected chi connectivity index (χ3v) is 14.2. The quantitative estimate of drug-likeness (QED) is 0.133. The summed E-state index contributed by atoms with van der Waals surface area (Å²) in [6.07, 6.45) is 0. The van der Waals surface area contributed by atoms with Crippen molar-refractivity contribution in [3.8, 4) is 72.4 Å². The lowest BCUT2D eigenvalue weighted by molar-refractivity contribution is 1.18. The molecule has 13 rings (SSSR count). The predicted octanol–water partition coefficient (Wildman–Crippen LogP) is 19.4. The van der Waals surface area contributed by atoms with Gasteiger partial charge in [0.25, 0.3) is 0 Å². The van der Waals surface area contributed by atoms with Crippen molar-refractivity contribution in [2.75, 3.05) is 4.90 Å². The Hall–Kier alpha value is -9.50. The smallest absolute Gasteiger partial charge is 0.0547 e. The molecule has 1 heterocycles. The van der Waals surface area contributed by atoms with Gasteiger partial charge in [0.05, 0.1) is 16.7 Å². The van der Waals surface area contributed by atoms with E-state index in [9.17, 15) is 0 Å². The van der Waals surface area contributed by atoms with Crippen LogP contribution in [-0.4, -0.2) is 4.57 Å². The maximum Gasteiger partial charge on any atom is 0.0547 e. The summed E-state index contributed by atoms with van der Waals surface area (Å²) in [5, 5.41) is 5.00. The van der Waals surface area contributed by atoms with Gasteiger partial charge in [-0.05, 0) is 133 Å². The first-order valence-corrected chi connectivity index (χ1v) is 24.7. The Kier molecular flexibility index (Phi) is 10.9. The van der Waals surface area contributed by atoms with Crippen molar-refractivity contribution in [1.82, 2.24) is 4.57 Å². The molecule has 338 valence electrons. The van der Waals surface area contributed by atoms with Gasteiger partial charge in [0, 0.05) is 33.4 Å². The zero-order valence-corrected chi connectivity index (χ0v) is 39.6. The molecule has 0 atom stereocenters. The molecular weight excluding hydrogens is 869 g/mol. The van der Waals surface area contributed by atoms with Gasteiger partial charge in [0.2, 0.25) is 0 Å². The second-order valence-electron chi connectivity index (χ2n) is 18.5. The molecule has 0 saturated heterocycles. The monoisotopic (exact) mass is 916 g/mol. The molecule has 0 fully saturated rings. The minimum atomic E-state index is 1.07. The van der Waals surface area contributed by atoms with Crippen LogP contribution in [-0.2, 0) is 0 Å². The minimum Gasteiger partial charge on any atom is -0.310 e. The summed E-state index contributed by atoms with van der Waals surface area (Å²) in [5.74, 6) is 0. The number of aromatic nitrogens is 1. The number of anilines is 3. The van der Waals surface area contributed by atoms with Crippen LogP contribution in [0.15, 0.2) is 291 Å². The third kappa shape index (κ3) is 7.82. The van der Waals surface area contributed by atoms with E-state index in [1.54, 1.807) is 0 Å². The fraction of sp³-hybridized carbons (Fsp3) is 0. The molecule has 0 N–H and O–H groups in total. The van der Waals surface area contributed by atoms with Crippen molar-refractivity contribution in [3.05, 3.63) is 291 Å². The molecule has 13 aromatic rings. The maximum atomic E-state index is 2.42. The highest BCUT2D eigenvalue weighted by molar-refractivity contribution is 6.10. The van der Waals surface area contributed by atoms with Crippen molar-refractivity contribution in [2.24, 2.45) is 0 Å². The summed E-state index contributed by atoms with van der Waals surface area (Å²) in [6.45, 7) is 0. The molecule has 72 heavy (non-hydrogen) atoms. The molecule has 2 heteroatoms. The summed E-state index contributed by atoms with van der Waals surface area (Å²) in [5.41, 5.74) is 21.0. The van der Waals surface area contributed by atoms with Crippen LogP contribution in [0.3, 0.4) is 0 Å². The number of hydrogen-bond donors (Lipinski definition) is 0. The summed E-state index contributed by atoms with van der Waals surface area (Å²) < 4.78 is 2.39. The van der Waals surface area contributed by atoms with Crippen molar-refractivity contribution >= 4 is 49.6 Å². The summed E-state index contributed by atoms with van der Waals surface area (Å²) >= 11 is 0. The minimum absolute atomic E-state index is 1.07. The Bertz CT molecular complexity index is 4060. The van der Waals surface area contributed by atoms with Crippen molar-refractivity contribution in [2.45, 2.75) is 0 Å². The normalized spacial score (nSPS) is 11.3. The largest absolute Gasteiger partial charge is 0.310 e. The lowest BCUT2D eigenvalue weighted by Gasteiger charge is -2.29. The Morgan fingerprint density at radius 1 is 0.236 bits per heavy atom. The van der Waals surface area contributed by atoms with Crippen molar-refractivity contribution in [3.63, 3.8) is 0 Å². The summed E-state index contributed by atoms with van der Waals surface area (Å²) in [6, 6.07) is 106. The summed E-state index contributed by atoms with van der Waals surface area (Å²) in [7, 11) is 0. The number of hydrogen-bond acceptors (Lipinski definition) is 1. The van der Waals surface area contributed by atoms with Crippen LogP contribution in [0.4, 0.5) is 17.1 Å². The van der Waals surface area contributed by atoms with Crippen molar-refractivity contribution < 1.29 is 0 Å². The Labute approximate surface area is 420 Å². The van der Waals surface area contributed by atoms with E-state index in [0.717, 1.165) is 33.9 Å². The molecule has 0 aliphatic heterocycles. The van der Waals surface area contributed by atoms with E-state index in [1.165, 1.54) is 88.2 Å². The molecule has 0 bridgehead atoms. The van der Waals surface area contributed by atoms with Crippen LogP contribution in [0.25, 0.3) is 105 Å². The average Bonchev–Trinajstić information content (AvgIpc) is 3.80. The standard InChI is InChI=1S/C70H48N2/c1-3-18-54(19-4-1)61-23-9-10-24-62(61)63-25-11-12-26-64(63)65-27-13-15-29-68(65)71(59-42-37-51(38-43-59)50-31-33-52(34-32-50)56-36-35-49-17-7-8-20-55(49)47-56)60-44-39-53(40-45-60)57-41-46-67-66-28-14-16-30-69(66)72(70(67)48-57)58-21-5-2-6-22-58/h1-48H. The lowest BCUT2D eigenvalue weighted by Crippen LogP contribution is -2.11. The SMILES string of the molecule is c1ccc(-c2ccccc2-c2ccccc2-c2ccccc2N(c2ccc(-c3ccc(-c4ccc5ccccc5c4)cc3)cc2)c2ccc(-c3ccc4c5ccccc5n(-c5ccccc5)c4c3)cc2)cc1. The number of rotatable bonds is 10. The summed E-state index contributed by atoms with van der Waals surface area (Å²) in [4.78, 5) is 2.42. The Morgan fingerprint density at radius 3 is 1.33 bits per heavy atom. The number of benzene rings is 12. The molecular formula is C70H48N2. The van der Waals surface area contributed by atoms with E-state index in [1.807, 2.05) is 0 Å². The van der Waals surface area contributed by atoms with Gasteiger partial charge in [-0.3, -0.25) is 0 Å². The molecule has 1 aromatic heterocycles.